The minimum atomic E-state index is -4.27. The van der Waals surface area contributed by atoms with Gasteiger partial charge in [0.1, 0.15) is 11.9 Å². The minimum Gasteiger partial charge on any atom is -0.354 e. The van der Waals surface area contributed by atoms with Gasteiger partial charge in [0.05, 0.1) is 12.1 Å². The number of carbonyl (C=O) groups excluding carboxylic acids is 2. The summed E-state index contributed by atoms with van der Waals surface area (Å²) in [6.45, 7) is 2.76. The van der Waals surface area contributed by atoms with Crippen molar-refractivity contribution in [1.82, 2.24) is 15.5 Å². The number of amides is 2. The third kappa shape index (κ3) is 8.38. The van der Waals surface area contributed by atoms with E-state index >= 15 is 0 Å². The molecule has 0 fully saturated rings. The number of alkyl halides is 3. The van der Waals surface area contributed by atoms with Gasteiger partial charge in [-0.15, -0.1) is 0 Å². The molecule has 0 unspecified atom stereocenters. The quantitative estimate of drug-likeness (QED) is 0.503. The molecule has 1 aromatic rings. The highest BCUT2D eigenvalue weighted by Crippen LogP contribution is 2.15. The zero-order valence-electron chi connectivity index (χ0n) is 15.6. The number of benzene rings is 1. The Balaban J connectivity index is 2.52. The van der Waals surface area contributed by atoms with E-state index in [0.717, 1.165) is 11.0 Å². The number of hydrogen-bond donors (Lipinski definition) is 2. The first kappa shape index (κ1) is 22.9. The van der Waals surface area contributed by atoms with Crippen molar-refractivity contribution in [2.45, 2.75) is 32.5 Å². The van der Waals surface area contributed by atoms with E-state index in [9.17, 15) is 27.2 Å². The summed E-state index contributed by atoms with van der Waals surface area (Å²) in [7, 11) is 1.35. The van der Waals surface area contributed by atoms with Gasteiger partial charge in [-0.1, -0.05) is 26.0 Å². The average Bonchev–Trinajstić information content (AvgIpc) is 2.54. The van der Waals surface area contributed by atoms with Crippen molar-refractivity contribution in [3.8, 4) is 0 Å². The number of nitrogens with one attached hydrogen (secondary N) is 2. The Bertz CT molecular complexity index is 635. The van der Waals surface area contributed by atoms with Crippen molar-refractivity contribution < 1.29 is 27.2 Å². The summed E-state index contributed by atoms with van der Waals surface area (Å²) in [6, 6.07) is 4.55. The zero-order chi connectivity index (χ0) is 20.6. The molecule has 0 spiro atoms. The Morgan fingerprint density at radius 1 is 1.19 bits per heavy atom. The van der Waals surface area contributed by atoms with Crippen LogP contribution in [0.2, 0.25) is 0 Å². The predicted molar refractivity (Wildman–Crippen MR) is 93.7 cm³/mol. The molecule has 9 heteroatoms. The highest BCUT2D eigenvalue weighted by Gasteiger charge is 2.29. The standard InChI is InChI=1S/C18H25F4N3O2/c1-12(2)15(24-16(26)13-7-4-5-8-14(13)19)17(27)23-9-6-10-25(3)11-18(20,21)22/h4-5,7-8,12,15H,6,9-11H2,1-3H3,(H,23,27)(H,24,26)/t15-/m1/s1. The Kier molecular flexibility index (Phi) is 8.68. The van der Waals surface area contributed by atoms with Gasteiger partial charge in [-0.05, 0) is 38.1 Å². The van der Waals surface area contributed by atoms with Crippen LogP contribution in [0, 0.1) is 11.7 Å². The van der Waals surface area contributed by atoms with Gasteiger partial charge in [-0.2, -0.15) is 13.2 Å². The number of halogens is 4. The van der Waals surface area contributed by atoms with Crippen molar-refractivity contribution in [3.63, 3.8) is 0 Å². The van der Waals surface area contributed by atoms with Crippen LogP contribution >= 0.6 is 0 Å². The molecule has 0 aliphatic carbocycles. The monoisotopic (exact) mass is 391 g/mol. The van der Waals surface area contributed by atoms with Crippen LogP contribution in [0.25, 0.3) is 0 Å². The molecule has 2 amide bonds. The topological polar surface area (TPSA) is 61.4 Å². The average molecular weight is 391 g/mol. The second-order valence-corrected chi connectivity index (χ2v) is 6.67. The molecular formula is C18H25F4N3O2. The number of nitrogens with zero attached hydrogens (tertiary/aromatic N) is 1. The summed E-state index contributed by atoms with van der Waals surface area (Å²) in [5.74, 6) is -2.11. The second kappa shape index (κ2) is 10.2. The summed E-state index contributed by atoms with van der Waals surface area (Å²) in [6.07, 6.45) is -3.94. The molecule has 0 saturated heterocycles. The van der Waals surface area contributed by atoms with Gasteiger partial charge < -0.3 is 10.6 Å². The lowest BCUT2D eigenvalue weighted by Gasteiger charge is -2.22. The molecule has 0 aliphatic heterocycles. The minimum absolute atomic E-state index is 0.160. The van der Waals surface area contributed by atoms with E-state index in [-0.39, 0.29) is 24.6 Å². The Labute approximate surface area is 156 Å². The van der Waals surface area contributed by atoms with E-state index < -0.39 is 36.4 Å². The van der Waals surface area contributed by atoms with Crippen molar-refractivity contribution in [3.05, 3.63) is 35.6 Å². The van der Waals surface area contributed by atoms with Crippen LogP contribution in [0.5, 0.6) is 0 Å². The smallest absolute Gasteiger partial charge is 0.354 e. The maximum Gasteiger partial charge on any atom is 0.401 e. The first-order valence-electron chi connectivity index (χ1n) is 8.59. The first-order chi connectivity index (χ1) is 12.5. The Morgan fingerprint density at radius 3 is 2.37 bits per heavy atom. The van der Waals surface area contributed by atoms with Gasteiger partial charge in [-0.3, -0.25) is 14.5 Å². The van der Waals surface area contributed by atoms with Gasteiger partial charge in [0.25, 0.3) is 5.91 Å². The fourth-order valence-corrected chi connectivity index (χ4v) is 2.45. The summed E-state index contributed by atoms with van der Waals surface area (Å²) in [5.41, 5.74) is -0.162. The van der Waals surface area contributed by atoms with Crippen LogP contribution in [-0.4, -0.2) is 55.6 Å². The van der Waals surface area contributed by atoms with Crippen LogP contribution < -0.4 is 10.6 Å². The summed E-state index contributed by atoms with van der Waals surface area (Å²) in [4.78, 5) is 25.6. The van der Waals surface area contributed by atoms with Crippen LogP contribution in [0.4, 0.5) is 17.6 Å². The molecule has 27 heavy (non-hydrogen) atoms. The molecule has 0 heterocycles. The van der Waals surface area contributed by atoms with E-state index in [4.69, 9.17) is 0 Å². The summed E-state index contributed by atoms with van der Waals surface area (Å²) >= 11 is 0. The third-order valence-corrected chi connectivity index (χ3v) is 3.82. The zero-order valence-corrected chi connectivity index (χ0v) is 15.6. The molecule has 1 atom stereocenters. The lowest BCUT2D eigenvalue weighted by Crippen LogP contribution is -2.50. The molecule has 5 nitrogen and oxygen atoms in total. The van der Waals surface area contributed by atoms with Gasteiger partial charge in [0.2, 0.25) is 5.91 Å². The molecule has 0 bridgehead atoms. The van der Waals surface area contributed by atoms with Crippen molar-refractivity contribution in [2.24, 2.45) is 5.92 Å². The van der Waals surface area contributed by atoms with Crippen LogP contribution in [0.1, 0.15) is 30.6 Å². The molecule has 0 radical (unpaired) electrons. The van der Waals surface area contributed by atoms with E-state index in [2.05, 4.69) is 10.6 Å². The molecule has 2 N–H and O–H groups in total. The van der Waals surface area contributed by atoms with E-state index in [1.807, 2.05) is 0 Å². The molecule has 0 aromatic heterocycles. The van der Waals surface area contributed by atoms with Gasteiger partial charge in [-0.25, -0.2) is 4.39 Å². The highest BCUT2D eigenvalue weighted by molar-refractivity contribution is 5.97. The van der Waals surface area contributed by atoms with Crippen LogP contribution in [0.3, 0.4) is 0 Å². The molecule has 1 rings (SSSR count). The van der Waals surface area contributed by atoms with E-state index in [1.54, 1.807) is 13.8 Å². The predicted octanol–water partition coefficient (Wildman–Crippen LogP) is 2.58. The van der Waals surface area contributed by atoms with E-state index in [1.165, 1.54) is 25.2 Å². The lowest BCUT2D eigenvalue weighted by atomic mass is 10.0. The number of rotatable bonds is 9. The first-order valence-corrected chi connectivity index (χ1v) is 8.59. The van der Waals surface area contributed by atoms with Gasteiger partial charge >= 0.3 is 6.18 Å². The van der Waals surface area contributed by atoms with Crippen LogP contribution in [0.15, 0.2) is 24.3 Å². The number of carbonyl (C=O) groups is 2. The normalized spacial score (nSPS) is 12.9. The summed E-state index contributed by atoms with van der Waals surface area (Å²) < 4.78 is 50.4. The largest absolute Gasteiger partial charge is 0.401 e. The molecule has 1 aromatic carbocycles. The SMILES string of the molecule is CC(C)[C@@H](NC(=O)c1ccccc1F)C(=O)NCCCN(C)CC(F)(F)F. The van der Waals surface area contributed by atoms with Crippen molar-refractivity contribution >= 4 is 11.8 Å². The third-order valence-electron chi connectivity index (χ3n) is 3.82. The molecule has 0 saturated carbocycles. The highest BCUT2D eigenvalue weighted by atomic mass is 19.4. The molecule has 0 aliphatic rings. The molecule has 152 valence electrons. The van der Waals surface area contributed by atoms with Gasteiger partial charge in [0.15, 0.2) is 0 Å². The maximum atomic E-state index is 13.7. The van der Waals surface area contributed by atoms with Crippen molar-refractivity contribution in [2.75, 3.05) is 26.7 Å². The van der Waals surface area contributed by atoms with Crippen molar-refractivity contribution in [1.29, 1.82) is 0 Å². The van der Waals surface area contributed by atoms with Gasteiger partial charge in [0, 0.05) is 6.54 Å². The Morgan fingerprint density at radius 2 is 1.81 bits per heavy atom. The fraction of sp³-hybridized carbons (Fsp3) is 0.556. The maximum absolute atomic E-state index is 13.7. The van der Waals surface area contributed by atoms with E-state index in [0.29, 0.717) is 6.42 Å². The summed E-state index contributed by atoms with van der Waals surface area (Å²) in [5, 5.41) is 5.10. The van der Waals surface area contributed by atoms with Crippen LogP contribution in [-0.2, 0) is 4.79 Å². The second-order valence-electron chi connectivity index (χ2n) is 6.67. The Hall–Kier alpha value is -2.16. The fourth-order valence-electron chi connectivity index (χ4n) is 2.45. The number of hydrogen-bond acceptors (Lipinski definition) is 3. The molecular weight excluding hydrogens is 366 g/mol. The lowest BCUT2D eigenvalue weighted by molar-refractivity contribution is -0.143.